The van der Waals surface area contributed by atoms with E-state index in [1.165, 1.54) is 11.5 Å². The van der Waals surface area contributed by atoms with Crippen LogP contribution in [0.3, 0.4) is 0 Å². The lowest BCUT2D eigenvalue weighted by Crippen LogP contribution is -2.02. The number of nitrogens with zero attached hydrogens (tertiary/aromatic N) is 1. The number of hydrogen-bond acceptors (Lipinski definition) is 5. The van der Waals surface area contributed by atoms with Gasteiger partial charge in [0.25, 0.3) is 0 Å². The fourth-order valence-electron chi connectivity index (χ4n) is 0.785. The highest BCUT2D eigenvalue weighted by molar-refractivity contribution is 7.99. The summed E-state index contributed by atoms with van der Waals surface area (Å²) in [6, 6.07) is 1.85. The Bertz CT molecular complexity index is 260. The van der Waals surface area contributed by atoms with Gasteiger partial charge in [0.05, 0.1) is 0 Å². The largest absolute Gasteiger partial charge is 0.383 e. The van der Waals surface area contributed by atoms with Crippen LogP contribution in [0, 0.1) is 0 Å². The SMILES string of the molecule is C=CCSCCNc1cc(N)ns1. The Morgan fingerprint density at radius 2 is 2.62 bits per heavy atom. The molecule has 0 unspecified atom stereocenters. The van der Waals surface area contributed by atoms with Gasteiger partial charge in [0, 0.05) is 24.1 Å². The Balaban J connectivity index is 2.09. The predicted octanol–water partition coefficient (Wildman–Crippen LogP) is 2.06. The maximum absolute atomic E-state index is 5.47. The maximum Gasteiger partial charge on any atom is 0.139 e. The van der Waals surface area contributed by atoms with Gasteiger partial charge in [-0.1, -0.05) is 6.08 Å². The number of rotatable bonds is 6. The van der Waals surface area contributed by atoms with E-state index in [0.29, 0.717) is 5.82 Å². The lowest BCUT2D eigenvalue weighted by Gasteiger charge is -2.00. The normalized spacial score (nSPS) is 9.85. The average molecular weight is 215 g/mol. The number of thioether (sulfide) groups is 1. The summed E-state index contributed by atoms with van der Waals surface area (Å²) in [4.78, 5) is 0. The number of aromatic nitrogens is 1. The quantitative estimate of drug-likeness (QED) is 0.563. The highest BCUT2D eigenvalue weighted by atomic mass is 32.2. The fraction of sp³-hybridized carbons (Fsp3) is 0.375. The first-order valence-corrected chi connectivity index (χ1v) is 5.90. The monoisotopic (exact) mass is 215 g/mol. The number of anilines is 2. The van der Waals surface area contributed by atoms with Crippen LogP contribution >= 0.6 is 23.3 Å². The summed E-state index contributed by atoms with van der Waals surface area (Å²) in [6.45, 7) is 4.60. The Morgan fingerprint density at radius 3 is 3.23 bits per heavy atom. The van der Waals surface area contributed by atoms with Crippen LogP contribution in [0.4, 0.5) is 10.8 Å². The first-order valence-electron chi connectivity index (χ1n) is 3.97. The standard InChI is InChI=1S/C8H13N3S2/c1-2-4-12-5-3-10-8-6-7(9)11-13-8/h2,6,10H,1,3-5H2,(H2,9,11). The molecule has 5 heteroatoms. The molecule has 3 nitrogen and oxygen atoms in total. The number of nitrogen functional groups attached to an aromatic ring is 1. The summed E-state index contributed by atoms with van der Waals surface area (Å²) in [5.41, 5.74) is 5.47. The van der Waals surface area contributed by atoms with E-state index in [2.05, 4.69) is 16.3 Å². The van der Waals surface area contributed by atoms with Gasteiger partial charge in [0.15, 0.2) is 0 Å². The van der Waals surface area contributed by atoms with Gasteiger partial charge in [0.1, 0.15) is 10.8 Å². The number of hydrogen-bond donors (Lipinski definition) is 2. The molecular formula is C8H13N3S2. The summed E-state index contributed by atoms with van der Waals surface area (Å²) in [6.07, 6.45) is 1.91. The van der Waals surface area contributed by atoms with Crippen LogP contribution in [-0.2, 0) is 0 Å². The van der Waals surface area contributed by atoms with E-state index >= 15 is 0 Å². The topological polar surface area (TPSA) is 50.9 Å². The van der Waals surface area contributed by atoms with Crippen molar-refractivity contribution in [3.63, 3.8) is 0 Å². The second-order valence-electron chi connectivity index (χ2n) is 2.41. The minimum absolute atomic E-state index is 0.589. The van der Waals surface area contributed by atoms with Gasteiger partial charge in [-0.15, -0.1) is 6.58 Å². The Kier molecular flexibility index (Phi) is 4.70. The van der Waals surface area contributed by atoms with Crippen LogP contribution in [0.15, 0.2) is 18.7 Å². The van der Waals surface area contributed by atoms with E-state index in [9.17, 15) is 0 Å². The molecule has 0 saturated heterocycles. The van der Waals surface area contributed by atoms with Gasteiger partial charge in [0.2, 0.25) is 0 Å². The van der Waals surface area contributed by atoms with Gasteiger partial charge in [-0.2, -0.15) is 16.1 Å². The molecule has 0 bridgehead atoms. The van der Waals surface area contributed by atoms with Crippen molar-refractivity contribution < 1.29 is 0 Å². The third-order valence-corrected chi connectivity index (χ3v) is 3.03. The predicted molar refractivity (Wildman–Crippen MR) is 62.5 cm³/mol. The molecule has 0 amide bonds. The van der Waals surface area contributed by atoms with E-state index in [4.69, 9.17) is 5.73 Å². The van der Waals surface area contributed by atoms with Crippen LogP contribution in [0.2, 0.25) is 0 Å². The molecule has 0 aliphatic heterocycles. The highest BCUT2D eigenvalue weighted by Crippen LogP contribution is 2.17. The summed E-state index contributed by atoms with van der Waals surface area (Å²) < 4.78 is 3.97. The van der Waals surface area contributed by atoms with Crippen LogP contribution in [-0.4, -0.2) is 22.4 Å². The maximum atomic E-state index is 5.47. The van der Waals surface area contributed by atoms with Crippen LogP contribution in [0.5, 0.6) is 0 Å². The van der Waals surface area contributed by atoms with Gasteiger partial charge >= 0.3 is 0 Å². The molecule has 3 N–H and O–H groups in total. The first-order chi connectivity index (χ1) is 6.33. The zero-order chi connectivity index (χ0) is 9.52. The van der Waals surface area contributed by atoms with Crippen LogP contribution in [0.25, 0.3) is 0 Å². The van der Waals surface area contributed by atoms with Gasteiger partial charge in [-0.25, -0.2) is 0 Å². The molecule has 0 atom stereocenters. The summed E-state index contributed by atoms with van der Waals surface area (Å²) in [5, 5.41) is 4.28. The molecule has 72 valence electrons. The van der Waals surface area contributed by atoms with E-state index in [1.54, 1.807) is 0 Å². The smallest absolute Gasteiger partial charge is 0.139 e. The third-order valence-electron chi connectivity index (χ3n) is 1.31. The molecule has 0 aromatic carbocycles. The summed E-state index contributed by atoms with van der Waals surface area (Å²) in [7, 11) is 0. The van der Waals surface area contributed by atoms with Crippen molar-refractivity contribution in [1.82, 2.24) is 4.37 Å². The molecule has 0 aliphatic rings. The zero-order valence-corrected chi connectivity index (χ0v) is 8.96. The van der Waals surface area contributed by atoms with Crippen molar-refractivity contribution in [2.75, 3.05) is 29.1 Å². The zero-order valence-electron chi connectivity index (χ0n) is 7.32. The molecule has 1 aromatic rings. The highest BCUT2D eigenvalue weighted by Gasteiger charge is 1.96. The second kappa shape index (κ2) is 5.88. The lowest BCUT2D eigenvalue weighted by atomic mass is 10.6. The Morgan fingerprint density at radius 1 is 1.77 bits per heavy atom. The van der Waals surface area contributed by atoms with Crippen LogP contribution in [0.1, 0.15) is 0 Å². The first kappa shape index (κ1) is 10.4. The van der Waals surface area contributed by atoms with Crippen molar-refractivity contribution in [2.45, 2.75) is 0 Å². The molecule has 0 radical (unpaired) electrons. The fourth-order valence-corrected chi connectivity index (χ4v) is 1.96. The van der Waals surface area contributed by atoms with Crippen LogP contribution < -0.4 is 11.1 Å². The Labute approximate surface area is 86.6 Å². The minimum atomic E-state index is 0.589. The molecule has 1 rings (SSSR count). The minimum Gasteiger partial charge on any atom is -0.383 e. The molecule has 13 heavy (non-hydrogen) atoms. The van der Waals surface area contributed by atoms with Crippen molar-refractivity contribution in [2.24, 2.45) is 0 Å². The van der Waals surface area contributed by atoms with Gasteiger partial charge < -0.3 is 11.1 Å². The molecule has 0 fully saturated rings. The average Bonchev–Trinajstić information content (AvgIpc) is 2.51. The molecule has 0 aliphatic carbocycles. The third kappa shape index (κ3) is 4.19. The number of nitrogens with one attached hydrogen (secondary N) is 1. The molecule has 1 heterocycles. The van der Waals surface area contributed by atoms with E-state index < -0.39 is 0 Å². The second-order valence-corrected chi connectivity index (χ2v) is 4.36. The van der Waals surface area contributed by atoms with E-state index in [-0.39, 0.29) is 0 Å². The molecule has 0 saturated carbocycles. The van der Waals surface area contributed by atoms with E-state index in [0.717, 1.165) is 23.1 Å². The lowest BCUT2D eigenvalue weighted by molar-refractivity contribution is 1.24. The Hall–Kier alpha value is -0.680. The molecular weight excluding hydrogens is 202 g/mol. The van der Waals surface area contributed by atoms with Gasteiger partial charge in [-0.05, 0) is 11.5 Å². The molecule has 1 aromatic heterocycles. The summed E-state index contributed by atoms with van der Waals surface area (Å²) in [5.74, 6) is 2.67. The van der Waals surface area contributed by atoms with Gasteiger partial charge in [-0.3, -0.25) is 0 Å². The summed E-state index contributed by atoms with van der Waals surface area (Å²) >= 11 is 3.25. The van der Waals surface area contributed by atoms with Crippen molar-refractivity contribution >= 4 is 34.1 Å². The van der Waals surface area contributed by atoms with Crippen molar-refractivity contribution in [1.29, 1.82) is 0 Å². The van der Waals surface area contributed by atoms with Crippen molar-refractivity contribution in [3.8, 4) is 0 Å². The van der Waals surface area contributed by atoms with E-state index in [1.807, 2.05) is 23.9 Å². The number of nitrogens with two attached hydrogens (primary N) is 1. The molecule has 0 spiro atoms. The van der Waals surface area contributed by atoms with Crippen molar-refractivity contribution in [3.05, 3.63) is 18.7 Å².